The molecule has 4 aromatic rings. The van der Waals surface area contributed by atoms with Crippen molar-refractivity contribution in [3.05, 3.63) is 36.4 Å². The minimum absolute atomic E-state index is 0.230. The van der Waals surface area contributed by atoms with Gasteiger partial charge in [0, 0.05) is 17.8 Å². The summed E-state index contributed by atoms with van der Waals surface area (Å²) in [6.07, 6.45) is 0. The summed E-state index contributed by atoms with van der Waals surface area (Å²) in [6, 6.07) is 11.4. The van der Waals surface area contributed by atoms with Gasteiger partial charge in [-0.25, -0.2) is 9.50 Å². The standard InChI is InChI=1S/C20H23N5O3/c1-20(2,3)28-13-8-6-12(7-9-13)21-18-23-19-22-14-10-16(26-4)17(27-5)11-15(14)25(19)24-18/h6-11H,1-5H3,(H2,21,22,23,24). The number of anilines is 2. The molecule has 2 aromatic carbocycles. The highest BCUT2D eigenvalue weighted by Gasteiger charge is 2.15. The predicted octanol–water partition coefficient (Wildman–Crippen LogP) is 4.15. The second-order valence-electron chi connectivity index (χ2n) is 7.38. The minimum atomic E-state index is -0.230. The zero-order chi connectivity index (χ0) is 19.9. The zero-order valence-electron chi connectivity index (χ0n) is 16.5. The molecule has 0 fully saturated rings. The third-order valence-corrected chi connectivity index (χ3v) is 4.11. The lowest BCUT2D eigenvalue weighted by Gasteiger charge is -2.21. The van der Waals surface area contributed by atoms with E-state index in [1.807, 2.05) is 57.2 Å². The molecule has 0 aliphatic rings. The first-order chi connectivity index (χ1) is 13.4. The van der Waals surface area contributed by atoms with Crippen LogP contribution in [0.1, 0.15) is 20.8 Å². The molecule has 0 bridgehead atoms. The van der Waals surface area contributed by atoms with E-state index < -0.39 is 0 Å². The van der Waals surface area contributed by atoms with Crippen molar-refractivity contribution in [3.8, 4) is 17.2 Å². The van der Waals surface area contributed by atoms with Gasteiger partial charge in [0.05, 0.1) is 25.3 Å². The largest absolute Gasteiger partial charge is 0.493 e. The Labute approximate surface area is 162 Å². The highest BCUT2D eigenvalue weighted by atomic mass is 16.5. The molecule has 2 aromatic heterocycles. The lowest BCUT2D eigenvalue weighted by molar-refractivity contribution is 0.131. The molecule has 146 valence electrons. The highest BCUT2D eigenvalue weighted by Crippen LogP contribution is 2.32. The Hall–Kier alpha value is -3.42. The Morgan fingerprint density at radius 1 is 0.964 bits per heavy atom. The highest BCUT2D eigenvalue weighted by molar-refractivity contribution is 5.83. The summed E-state index contributed by atoms with van der Waals surface area (Å²) >= 11 is 0. The monoisotopic (exact) mass is 381 g/mol. The van der Waals surface area contributed by atoms with Crippen LogP contribution < -0.4 is 19.5 Å². The third kappa shape index (κ3) is 3.40. The number of nitrogens with zero attached hydrogens (tertiary/aromatic N) is 3. The van der Waals surface area contributed by atoms with Crippen LogP contribution in [0.15, 0.2) is 36.4 Å². The van der Waals surface area contributed by atoms with E-state index in [0.717, 1.165) is 22.5 Å². The Bertz CT molecular complexity index is 1120. The molecule has 2 heterocycles. The van der Waals surface area contributed by atoms with E-state index in [9.17, 15) is 0 Å². The molecule has 2 N–H and O–H groups in total. The summed E-state index contributed by atoms with van der Waals surface area (Å²) in [7, 11) is 3.21. The number of hydrogen-bond donors (Lipinski definition) is 2. The van der Waals surface area contributed by atoms with Crippen molar-refractivity contribution >= 4 is 28.4 Å². The maximum absolute atomic E-state index is 5.84. The molecule has 0 unspecified atom stereocenters. The Morgan fingerprint density at radius 3 is 2.29 bits per heavy atom. The zero-order valence-corrected chi connectivity index (χ0v) is 16.5. The van der Waals surface area contributed by atoms with E-state index in [-0.39, 0.29) is 5.60 Å². The van der Waals surface area contributed by atoms with Crippen LogP contribution in [0.4, 0.5) is 11.6 Å². The number of imidazole rings is 1. The number of hydrogen-bond acceptors (Lipinski definition) is 6. The fraction of sp³-hybridized carbons (Fsp3) is 0.300. The number of ether oxygens (including phenoxy) is 3. The van der Waals surface area contributed by atoms with Gasteiger partial charge in [-0.1, -0.05) is 0 Å². The van der Waals surface area contributed by atoms with Crippen molar-refractivity contribution in [1.29, 1.82) is 0 Å². The first-order valence-corrected chi connectivity index (χ1v) is 8.92. The van der Waals surface area contributed by atoms with Crippen molar-refractivity contribution < 1.29 is 14.2 Å². The molecule has 4 rings (SSSR count). The SMILES string of the molecule is COc1cc2nc3nc(Nc4ccc(OC(C)(C)C)cc4)[nH]n3c2cc1OC. The van der Waals surface area contributed by atoms with Crippen LogP contribution in [-0.4, -0.2) is 39.4 Å². The number of rotatable bonds is 5. The number of aromatic amines is 1. The van der Waals surface area contributed by atoms with Crippen LogP contribution in [0.5, 0.6) is 17.2 Å². The van der Waals surface area contributed by atoms with Gasteiger partial charge in [0.25, 0.3) is 5.78 Å². The van der Waals surface area contributed by atoms with Crippen LogP contribution in [0.2, 0.25) is 0 Å². The lowest BCUT2D eigenvalue weighted by Crippen LogP contribution is -2.22. The van der Waals surface area contributed by atoms with Gasteiger partial charge in [-0.3, -0.25) is 5.10 Å². The number of fused-ring (bicyclic) bond motifs is 3. The van der Waals surface area contributed by atoms with Gasteiger partial charge >= 0.3 is 0 Å². The summed E-state index contributed by atoms with van der Waals surface area (Å²) in [5.74, 6) is 3.23. The van der Waals surface area contributed by atoms with Crippen molar-refractivity contribution in [2.45, 2.75) is 26.4 Å². The quantitative estimate of drug-likeness (QED) is 0.540. The van der Waals surface area contributed by atoms with Crippen LogP contribution in [0, 0.1) is 0 Å². The second kappa shape index (κ2) is 6.63. The van der Waals surface area contributed by atoms with Crippen molar-refractivity contribution in [2.75, 3.05) is 19.5 Å². The molecular formula is C20H23N5O3. The third-order valence-electron chi connectivity index (χ3n) is 4.11. The van der Waals surface area contributed by atoms with E-state index >= 15 is 0 Å². The predicted molar refractivity (Wildman–Crippen MR) is 108 cm³/mol. The summed E-state index contributed by atoms with van der Waals surface area (Å²) < 4.78 is 18.4. The number of methoxy groups -OCH3 is 2. The maximum Gasteiger partial charge on any atom is 0.253 e. The van der Waals surface area contributed by atoms with E-state index in [0.29, 0.717) is 23.2 Å². The van der Waals surface area contributed by atoms with Crippen LogP contribution in [-0.2, 0) is 0 Å². The first kappa shape index (κ1) is 18.0. The molecule has 0 aliphatic heterocycles. The molecule has 8 heteroatoms. The molecule has 28 heavy (non-hydrogen) atoms. The van der Waals surface area contributed by atoms with Crippen molar-refractivity contribution in [3.63, 3.8) is 0 Å². The number of nitrogens with one attached hydrogen (secondary N) is 2. The Balaban J connectivity index is 1.61. The van der Waals surface area contributed by atoms with E-state index in [1.54, 1.807) is 18.7 Å². The fourth-order valence-corrected chi connectivity index (χ4v) is 2.96. The summed E-state index contributed by atoms with van der Waals surface area (Å²) in [6.45, 7) is 6.06. The van der Waals surface area contributed by atoms with Crippen LogP contribution >= 0.6 is 0 Å². The normalized spacial score (nSPS) is 11.8. The van der Waals surface area contributed by atoms with Gasteiger partial charge in [0.2, 0.25) is 5.95 Å². The molecule has 0 atom stereocenters. The second-order valence-corrected chi connectivity index (χ2v) is 7.38. The van der Waals surface area contributed by atoms with Crippen molar-refractivity contribution in [1.82, 2.24) is 19.6 Å². The lowest BCUT2D eigenvalue weighted by atomic mass is 10.2. The van der Waals surface area contributed by atoms with Crippen LogP contribution in [0.25, 0.3) is 16.8 Å². The summed E-state index contributed by atoms with van der Waals surface area (Å²) in [4.78, 5) is 9.05. The maximum atomic E-state index is 5.84. The molecule has 0 saturated heterocycles. The molecule has 0 aliphatic carbocycles. The van der Waals surface area contributed by atoms with Gasteiger partial charge in [-0.2, -0.15) is 4.98 Å². The average molecular weight is 381 g/mol. The van der Waals surface area contributed by atoms with Gasteiger partial charge < -0.3 is 19.5 Å². The van der Waals surface area contributed by atoms with Gasteiger partial charge in [-0.05, 0) is 45.0 Å². The Morgan fingerprint density at radius 2 is 1.64 bits per heavy atom. The molecule has 0 saturated carbocycles. The Kier molecular flexibility index (Phi) is 4.26. The van der Waals surface area contributed by atoms with Crippen LogP contribution in [0.3, 0.4) is 0 Å². The van der Waals surface area contributed by atoms with E-state index in [4.69, 9.17) is 14.2 Å². The van der Waals surface area contributed by atoms with Gasteiger partial charge in [-0.15, -0.1) is 0 Å². The molecular weight excluding hydrogens is 358 g/mol. The molecule has 0 radical (unpaired) electrons. The smallest absolute Gasteiger partial charge is 0.253 e. The van der Waals surface area contributed by atoms with Crippen molar-refractivity contribution in [2.24, 2.45) is 0 Å². The average Bonchev–Trinajstić information content (AvgIpc) is 3.17. The number of H-pyrrole nitrogens is 1. The van der Waals surface area contributed by atoms with E-state index in [1.165, 1.54) is 0 Å². The summed E-state index contributed by atoms with van der Waals surface area (Å²) in [5.41, 5.74) is 2.28. The summed E-state index contributed by atoms with van der Waals surface area (Å²) in [5, 5.41) is 6.46. The topological polar surface area (TPSA) is 85.7 Å². The fourth-order valence-electron chi connectivity index (χ4n) is 2.96. The van der Waals surface area contributed by atoms with Gasteiger partial charge in [0.1, 0.15) is 11.4 Å². The molecule has 0 spiro atoms. The molecule has 8 nitrogen and oxygen atoms in total. The minimum Gasteiger partial charge on any atom is -0.493 e. The van der Waals surface area contributed by atoms with E-state index in [2.05, 4.69) is 20.4 Å². The number of benzene rings is 2. The molecule has 0 amide bonds. The van der Waals surface area contributed by atoms with Gasteiger partial charge in [0.15, 0.2) is 11.5 Å². The first-order valence-electron chi connectivity index (χ1n) is 8.92. The number of aromatic nitrogens is 4.